The molecule has 126 valence electrons. The van der Waals surface area contributed by atoms with Crippen LogP contribution in [0.2, 0.25) is 0 Å². The summed E-state index contributed by atoms with van der Waals surface area (Å²) in [6, 6.07) is 12.9. The van der Waals surface area contributed by atoms with Gasteiger partial charge in [-0.15, -0.1) is 0 Å². The first kappa shape index (κ1) is 17.3. The Morgan fingerprint density at radius 2 is 1.80 bits per heavy atom. The van der Waals surface area contributed by atoms with E-state index in [2.05, 4.69) is 0 Å². The average Bonchev–Trinajstić information content (AvgIpc) is 2.86. The van der Waals surface area contributed by atoms with E-state index in [1.54, 1.807) is 42.5 Å². The first-order chi connectivity index (χ1) is 12.0. The summed E-state index contributed by atoms with van der Waals surface area (Å²) in [5, 5.41) is 11.6. The van der Waals surface area contributed by atoms with Gasteiger partial charge in [0.05, 0.1) is 10.9 Å². The van der Waals surface area contributed by atoms with E-state index in [0.717, 1.165) is 16.7 Å². The highest BCUT2D eigenvalue weighted by atomic mass is 32.2. The quantitative estimate of drug-likeness (QED) is 0.610. The molecular formula is C18H11FNO3S2-. The van der Waals surface area contributed by atoms with Crippen LogP contribution in [-0.2, 0) is 9.59 Å². The number of carbonyl (C=O) groups is 2. The highest BCUT2D eigenvalue weighted by Gasteiger charge is 2.38. The molecule has 1 atom stereocenters. The van der Waals surface area contributed by atoms with Crippen molar-refractivity contribution >= 4 is 46.3 Å². The van der Waals surface area contributed by atoms with Crippen molar-refractivity contribution in [2.24, 2.45) is 0 Å². The van der Waals surface area contributed by atoms with E-state index in [1.807, 2.05) is 0 Å². The molecule has 25 heavy (non-hydrogen) atoms. The van der Waals surface area contributed by atoms with E-state index < -0.39 is 23.7 Å². The summed E-state index contributed by atoms with van der Waals surface area (Å²) in [6.45, 7) is 0. The number of nitrogens with zero attached hydrogens (tertiary/aromatic N) is 1. The van der Waals surface area contributed by atoms with E-state index in [0.29, 0.717) is 5.56 Å². The van der Waals surface area contributed by atoms with Crippen molar-refractivity contribution < 1.29 is 19.1 Å². The third-order valence-corrected chi connectivity index (χ3v) is 4.94. The van der Waals surface area contributed by atoms with Crippen LogP contribution in [0, 0.1) is 5.82 Å². The zero-order valence-corrected chi connectivity index (χ0v) is 14.4. The molecule has 1 fully saturated rings. The van der Waals surface area contributed by atoms with Crippen molar-refractivity contribution in [3.8, 4) is 0 Å². The summed E-state index contributed by atoms with van der Waals surface area (Å²) in [7, 11) is 0. The predicted molar refractivity (Wildman–Crippen MR) is 95.6 cm³/mol. The molecule has 1 saturated heterocycles. The predicted octanol–water partition coefficient (Wildman–Crippen LogP) is 2.52. The number of hydrogen-bond donors (Lipinski definition) is 0. The Morgan fingerprint density at radius 1 is 1.16 bits per heavy atom. The van der Waals surface area contributed by atoms with Crippen LogP contribution < -0.4 is 5.11 Å². The summed E-state index contributed by atoms with van der Waals surface area (Å²) in [4.78, 5) is 25.5. The van der Waals surface area contributed by atoms with Crippen LogP contribution in [0.5, 0.6) is 0 Å². The molecule has 0 aliphatic carbocycles. The fourth-order valence-electron chi connectivity index (χ4n) is 2.46. The van der Waals surface area contributed by atoms with E-state index in [-0.39, 0.29) is 14.8 Å². The normalized spacial score (nSPS) is 17.2. The standard InChI is InChI=1S/C18H12FNO3S2/c19-13-9-5-4-8-12(13)10-14-16(21)20(18(24)25-14)15(17(22)23)11-6-2-1-3-7-11/h1-10,15H,(H,22,23)/p-1/b14-10+/t15-/m1/s1. The lowest BCUT2D eigenvalue weighted by atomic mass is 10.1. The van der Waals surface area contributed by atoms with Crippen LogP contribution in [0.25, 0.3) is 6.08 Å². The van der Waals surface area contributed by atoms with Gasteiger partial charge in [-0.3, -0.25) is 9.69 Å². The van der Waals surface area contributed by atoms with Crippen molar-refractivity contribution in [2.75, 3.05) is 0 Å². The van der Waals surface area contributed by atoms with Crippen LogP contribution in [-0.4, -0.2) is 21.1 Å². The van der Waals surface area contributed by atoms with Crippen molar-refractivity contribution in [3.05, 3.63) is 76.4 Å². The molecule has 0 N–H and O–H groups in total. The first-order valence-electron chi connectivity index (χ1n) is 7.26. The smallest absolute Gasteiger partial charge is 0.267 e. The van der Waals surface area contributed by atoms with Gasteiger partial charge < -0.3 is 9.90 Å². The zero-order valence-electron chi connectivity index (χ0n) is 12.7. The number of carboxylic acids is 1. The zero-order chi connectivity index (χ0) is 18.0. The van der Waals surface area contributed by atoms with Gasteiger partial charge >= 0.3 is 0 Å². The molecule has 0 bridgehead atoms. The highest BCUT2D eigenvalue weighted by molar-refractivity contribution is 8.26. The fraction of sp³-hybridized carbons (Fsp3) is 0.0556. The minimum absolute atomic E-state index is 0.0886. The van der Waals surface area contributed by atoms with Gasteiger partial charge in [-0.1, -0.05) is 72.5 Å². The number of benzene rings is 2. The van der Waals surface area contributed by atoms with Gasteiger partial charge in [-0.2, -0.15) is 0 Å². The van der Waals surface area contributed by atoms with Gasteiger partial charge in [0.2, 0.25) is 0 Å². The number of carboxylic acid groups (broad SMARTS) is 1. The highest BCUT2D eigenvalue weighted by Crippen LogP contribution is 2.38. The van der Waals surface area contributed by atoms with Crippen LogP contribution in [0.3, 0.4) is 0 Å². The molecule has 1 aliphatic rings. The van der Waals surface area contributed by atoms with Gasteiger partial charge in [0.25, 0.3) is 5.91 Å². The van der Waals surface area contributed by atoms with Crippen molar-refractivity contribution in [1.82, 2.24) is 4.90 Å². The van der Waals surface area contributed by atoms with E-state index in [9.17, 15) is 19.1 Å². The van der Waals surface area contributed by atoms with Crippen LogP contribution >= 0.6 is 24.0 Å². The molecule has 7 heteroatoms. The minimum Gasteiger partial charge on any atom is -0.547 e. The maximum atomic E-state index is 13.8. The number of hydrogen-bond acceptors (Lipinski definition) is 5. The topological polar surface area (TPSA) is 60.4 Å². The maximum Gasteiger partial charge on any atom is 0.267 e. The molecule has 1 aliphatic heterocycles. The van der Waals surface area contributed by atoms with E-state index in [1.165, 1.54) is 18.2 Å². The Kier molecular flexibility index (Phi) is 4.96. The SMILES string of the molecule is O=C([O-])[C@@H](c1ccccc1)N1C(=O)/C(=C\c2ccccc2F)SC1=S. The molecule has 0 saturated carbocycles. The molecule has 0 unspecified atom stereocenters. The Hall–Kier alpha value is -2.51. The molecule has 4 nitrogen and oxygen atoms in total. The second-order valence-electron chi connectivity index (χ2n) is 5.21. The molecule has 0 spiro atoms. The largest absolute Gasteiger partial charge is 0.547 e. The molecule has 0 radical (unpaired) electrons. The Morgan fingerprint density at radius 3 is 2.44 bits per heavy atom. The summed E-state index contributed by atoms with van der Waals surface area (Å²) >= 11 is 6.12. The Labute approximate surface area is 153 Å². The lowest BCUT2D eigenvalue weighted by molar-refractivity contribution is -0.310. The fourth-order valence-corrected chi connectivity index (χ4v) is 3.77. The van der Waals surface area contributed by atoms with Crippen molar-refractivity contribution in [3.63, 3.8) is 0 Å². The van der Waals surface area contributed by atoms with Crippen LogP contribution in [0.4, 0.5) is 4.39 Å². The second kappa shape index (κ2) is 7.16. The minimum atomic E-state index is -1.44. The number of aliphatic carboxylic acids is 1. The third kappa shape index (κ3) is 3.47. The lowest BCUT2D eigenvalue weighted by Gasteiger charge is -2.27. The number of thiocarbonyl (C=S) groups is 1. The summed E-state index contributed by atoms with van der Waals surface area (Å²) < 4.78 is 13.9. The van der Waals surface area contributed by atoms with Gasteiger partial charge in [0, 0.05) is 5.56 Å². The van der Waals surface area contributed by atoms with Gasteiger partial charge in [0.15, 0.2) is 0 Å². The van der Waals surface area contributed by atoms with Gasteiger partial charge in [-0.05, 0) is 17.7 Å². The monoisotopic (exact) mass is 372 g/mol. The number of carbonyl (C=O) groups excluding carboxylic acids is 2. The Bertz CT molecular complexity index is 883. The maximum absolute atomic E-state index is 13.8. The number of rotatable bonds is 4. The van der Waals surface area contributed by atoms with Gasteiger partial charge in [0.1, 0.15) is 16.2 Å². The van der Waals surface area contributed by atoms with Crippen molar-refractivity contribution in [2.45, 2.75) is 6.04 Å². The molecular weight excluding hydrogens is 361 g/mol. The summed E-state index contributed by atoms with van der Waals surface area (Å²) in [6.07, 6.45) is 1.37. The first-order valence-corrected chi connectivity index (χ1v) is 8.49. The lowest BCUT2D eigenvalue weighted by Crippen LogP contribution is -2.43. The average molecular weight is 372 g/mol. The number of amides is 1. The van der Waals surface area contributed by atoms with Crippen LogP contribution in [0.15, 0.2) is 59.5 Å². The molecule has 3 rings (SSSR count). The van der Waals surface area contributed by atoms with Crippen LogP contribution in [0.1, 0.15) is 17.2 Å². The summed E-state index contributed by atoms with van der Waals surface area (Å²) in [5.74, 6) is -2.50. The van der Waals surface area contributed by atoms with E-state index >= 15 is 0 Å². The summed E-state index contributed by atoms with van der Waals surface area (Å²) in [5.41, 5.74) is 0.610. The van der Waals surface area contributed by atoms with Crippen molar-refractivity contribution in [1.29, 1.82) is 0 Å². The molecule has 2 aromatic carbocycles. The second-order valence-corrected chi connectivity index (χ2v) is 6.88. The molecule has 0 aromatic heterocycles. The molecule has 1 amide bonds. The van der Waals surface area contributed by atoms with Gasteiger partial charge in [-0.25, -0.2) is 4.39 Å². The Balaban J connectivity index is 1.98. The third-order valence-electron chi connectivity index (χ3n) is 3.61. The van der Waals surface area contributed by atoms with E-state index in [4.69, 9.17) is 12.2 Å². The molecule has 2 aromatic rings. The molecule has 1 heterocycles. The number of halogens is 1. The number of thioether (sulfide) groups is 1.